The summed E-state index contributed by atoms with van der Waals surface area (Å²) >= 11 is 0. The van der Waals surface area contributed by atoms with Crippen molar-refractivity contribution in [1.82, 2.24) is 5.32 Å². The van der Waals surface area contributed by atoms with E-state index in [1.54, 1.807) is 0 Å². The Kier molecular flexibility index (Phi) is 4.65. The summed E-state index contributed by atoms with van der Waals surface area (Å²) in [7, 11) is 0. The van der Waals surface area contributed by atoms with Crippen LogP contribution >= 0.6 is 0 Å². The van der Waals surface area contributed by atoms with Crippen LogP contribution in [0.1, 0.15) is 30.4 Å². The van der Waals surface area contributed by atoms with Gasteiger partial charge in [0.1, 0.15) is 0 Å². The summed E-state index contributed by atoms with van der Waals surface area (Å²) in [5.41, 5.74) is 2.25. The molecule has 0 spiro atoms. The van der Waals surface area contributed by atoms with Gasteiger partial charge in [-0.15, -0.1) is 0 Å². The van der Waals surface area contributed by atoms with Crippen LogP contribution in [0.5, 0.6) is 0 Å². The minimum atomic E-state index is -0.884. The standard InChI is InChI=1S/C20H21NO3/c1-13(21-19(22)16-12-17(16)20(23)24)18(14-8-4-2-5-9-14)15-10-6-3-7-11-15/h2-11,13,16-18H,12H2,1H3,(H,21,22)(H,23,24). The summed E-state index contributed by atoms with van der Waals surface area (Å²) in [5, 5.41) is 12.0. The van der Waals surface area contributed by atoms with E-state index < -0.39 is 17.8 Å². The molecule has 0 radical (unpaired) electrons. The number of rotatable bonds is 6. The van der Waals surface area contributed by atoms with Gasteiger partial charge in [-0.1, -0.05) is 60.7 Å². The number of hydrogen-bond donors (Lipinski definition) is 2. The van der Waals surface area contributed by atoms with E-state index in [4.69, 9.17) is 5.11 Å². The highest BCUT2D eigenvalue weighted by atomic mass is 16.4. The normalized spacial score (nSPS) is 20.4. The van der Waals surface area contributed by atoms with Gasteiger partial charge < -0.3 is 10.4 Å². The first-order valence-corrected chi connectivity index (χ1v) is 8.21. The Hall–Kier alpha value is -2.62. The van der Waals surface area contributed by atoms with Crippen molar-refractivity contribution in [3.63, 3.8) is 0 Å². The van der Waals surface area contributed by atoms with Gasteiger partial charge in [0.25, 0.3) is 0 Å². The molecule has 3 atom stereocenters. The van der Waals surface area contributed by atoms with E-state index in [-0.39, 0.29) is 17.9 Å². The van der Waals surface area contributed by atoms with Crippen LogP contribution in [0.25, 0.3) is 0 Å². The Balaban J connectivity index is 1.79. The molecule has 3 unspecified atom stereocenters. The lowest BCUT2D eigenvalue weighted by atomic mass is 9.85. The van der Waals surface area contributed by atoms with Crippen LogP contribution < -0.4 is 5.32 Å². The maximum atomic E-state index is 12.3. The molecule has 0 saturated heterocycles. The summed E-state index contributed by atoms with van der Waals surface area (Å²) in [6.45, 7) is 1.97. The van der Waals surface area contributed by atoms with Crippen molar-refractivity contribution in [2.75, 3.05) is 0 Å². The van der Waals surface area contributed by atoms with Gasteiger partial charge in [0.2, 0.25) is 5.91 Å². The van der Waals surface area contributed by atoms with Gasteiger partial charge in [0.05, 0.1) is 11.8 Å². The number of carboxylic acids is 1. The van der Waals surface area contributed by atoms with E-state index in [1.165, 1.54) is 0 Å². The second kappa shape index (κ2) is 6.87. The van der Waals surface area contributed by atoms with E-state index in [2.05, 4.69) is 29.6 Å². The van der Waals surface area contributed by atoms with E-state index in [9.17, 15) is 9.59 Å². The predicted octanol–water partition coefficient (Wildman–Crippen LogP) is 3.04. The zero-order chi connectivity index (χ0) is 17.1. The number of aliphatic carboxylic acids is 1. The molecule has 0 bridgehead atoms. The molecule has 4 heteroatoms. The SMILES string of the molecule is CC(NC(=O)C1CC1C(=O)O)C(c1ccccc1)c1ccccc1. The molecule has 124 valence electrons. The van der Waals surface area contributed by atoms with Crippen molar-refractivity contribution in [3.05, 3.63) is 71.8 Å². The lowest BCUT2D eigenvalue weighted by molar-refractivity contribution is -0.140. The van der Waals surface area contributed by atoms with E-state index in [0.717, 1.165) is 11.1 Å². The summed E-state index contributed by atoms with van der Waals surface area (Å²) in [6, 6.07) is 20.0. The lowest BCUT2D eigenvalue weighted by Gasteiger charge is -2.26. The molecule has 2 N–H and O–H groups in total. The van der Waals surface area contributed by atoms with Crippen LogP contribution in [0.2, 0.25) is 0 Å². The zero-order valence-corrected chi connectivity index (χ0v) is 13.6. The van der Waals surface area contributed by atoms with Crippen molar-refractivity contribution < 1.29 is 14.7 Å². The predicted molar refractivity (Wildman–Crippen MR) is 91.6 cm³/mol. The molecule has 4 nitrogen and oxygen atoms in total. The van der Waals surface area contributed by atoms with E-state index >= 15 is 0 Å². The molecule has 1 saturated carbocycles. The molecule has 2 aromatic carbocycles. The number of carbonyl (C=O) groups excluding carboxylic acids is 1. The minimum absolute atomic E-state index is 0.0263. The van der Waals surface area contributed by atoms with Crippen LogP contribution in [0, 0.1) is 11.8 Å². The maximum absolute atomic E-state index is 12.3. The van der Waals surface area contributed by atoms with Crippen molar-refractivity contribution >= 4 is 11.9 Å². The second-order valence-corrected chi connectivity index (χ2v) is 6.38. The zero-order valence-electron chi connectivity index (χ0n) is 13.6. The van der Waals surface area contributed by atoms with Crippen molar-refractivity contribution in [1.29, 1.82) is 0 Å². The third-order valence-electron chi connectivity index (χ3n) is 4.63. The molecule has 2 aromatic rings. The van der Waals surface area contributed by atoms with Gasteiger partial charge >= 0.3 is 5.97 Å². The lowest BCUT2D eigenvalue weighted by Crippen LogP contribution is -2.39. The quantitative estimate of drug-likeness (QED) is 0.858. The van der Waals surface area contributed by atoms with Crippen molar-refractivity contribution in [2.24, 2.45) is 11.8 Å². The molecule has 1 fully saturated rings. The number of carbonyl (C=O) groups is 2. The van der Waals surface area contributed by atoms with Crippen molar-refractivity contribution in [3.8, 4) is 0 Å². The van der Waals surface area contributed by atoms with Gasteiger partial charge in [-0.25, -0.2) is 0 Å². The number of amides is 1. The largest absolute Gasteiger partial charge is 0.481 e. The first kappa shape index (κ1) is 16.2. The van der Waals surface area contributed by atoms with Gasteiger partial charge in [0, 0.05) is 12.0 Å². The van der Waals surface area contributed by atoms with Gasteiger partial charge in [-0.2, -0.15) is 0 Å². The Labute approximate surface area is 141 Å². The number of hydrogen-bond acceptors (Lipinski definition) is 2. The molecular formula is C20H21NO3. The smallest absolute Gasteiger partial charge is 0.307 e. The fraction of sp³-hybridized carbons (Fsp3) is 0.300. The molecular weight excluding hydrogens is 302 g/mol. The minimum Gasteiger partial charge on any atom is -0.481 e. The third-order valence-corrected chi connectivity index (χ3v) is 4.63. The summed E-state index contributed by atoms with van der Waals surface area (Å²) in [5.74, 6) is -1.93. The van der Waals surface area contributed by atoms with E-state index in [1.807, 2.05) is 43.3 Å². The third kappa shape index (κ3) is 3.48. The van der Waals surface area contributed by atoms with E-state index in [0.29, 0.717) is 6.42 Å². The first-order valence-electron chi connectivity index (χ1n) is 8.21. The highest BCUT2D eigenvalue weighted by Gasteiger charge is 2.48. The molecule has 1 amide bonds. The van der Waals surface area contributed by atoms with Gasteiger partial charge in [-0.05, 0) is 24.5 Å². The summed E-state index contributed by atoms with van der Waals surface area (Å²) in [6.07, 6.45) is 0.440. The second-order valence-electron chi connectivity index (χ2n) is 6.38. The average Bonchev–Trinajstić information content (AvgIpc) is 3.38. The van der Waals surface area contributed by atoms with Gasteiger partial charge in [-0.3, -0.25) is 9.59 Å². The summed E-state index contributed by atoms with van der Waals surface area (Å²) < 4.78 is 0. The highest BCUT2D eigenvalue weighted by Crippen LogP contribution is 2.39. The van der Waals surface area contributed by atoms with Crippen molar-refractivity contribution in [2.45, 2.75) is 25.3 Å². The van der Waals surface area contributed by atoms with Crippen LogP contribution in [0.4, 0.5) is 0 Å². The number of carboxylic acid groups (broad SMARTS) is 1. The number of nitrogens with one attached hydrogen (secondary N) is 1. The van der Waals surface area contributed by atoms with Gasteiger partial charge in [0.15, 0.2) is 0 Å². The molecule has 0 heterocycles. The molecule has 0 aromatic heterocycles. The molecule has 1 aliphatic carbocycles. The Bertz CT molecular complexity index is 675. The fourth-order valence-electron chi connectivity index (χ4n) is 3.26. The molecule has 24 heavy (non-hydrogen) atoms. The highest BCUT2D eigenvalue weighted by molar-refractivity contribution is 5.89. The Morgan fingerprint density at radius 3 is 1.88 bits per heavy atom. The molecule has 1 aliphatic rings. The molecule has 3 rings (SSSR count). The average molecular weight is 323 g/mol. The summed E-state index contributed by atoms with van der Waals surface area (Å²) in [4.78, 5) is 23.3. The first-order chi connectivity index (χ1) is 11.6. The monoisotopic (exact) mass is 323 g/mol. The topological polar surface area (TPSA) is 66.4 Å². The maximum Gasteiger partial charge on any atom is 0.307 e. The Morgan fingerprint density at radius 1 is 0.958 bits per heavy atom. The molecule has 0 aliphatic heterocycles. The fourth-order valence-corrected chi connectivity index (χ4v) is 3.26. The van der Waals surface area contributed by atoms with Crippen LogP contribution in [0.3, 0.4) is 0 Å². The van der Waals surface area contributed by atoms with Crippen LogP contribution in [0.15, 0.2) is 60.7 Å². The van der Waals surface area contributed by atoms with Crippen LogP contribution in [-0.4, -0.2) is 23.0 Å². The number of benzene rings is 2. The van der Waals surface area contributed by atoms with Crippen LogP contribution in [-0.2, 0) is 9.59 Å². The Morgan fingerprint density at radius 2 is 1.46 bits per heavy atom.